The van der Waals surface area contributed by atoms with Gasteiger partial charge in [-0.25, -0.2) is 9.59 Å². The van der Waals surface area contributed by atoms with Crippen LogP contribution < -0.4 is 15.4 Å². The highest BCUT2D eigenvalue weighted by Crippen LogP contribution is 2.42. The van der Waals surface area contributed by atoms with Crippen LogP contribution in [0.2, 0.25) is 0 Å². The number of urea groups is 1. The van der Waals surface area contributed by atoms with E-state index < -0.39 is 12.0 Å². The highest BCUT2D eigenvalue weighted by atomic mass is 16.5. The van der Waals surface area contributed by atoms with E-state index in [9.17, 15) is 14.4 Å². The van der Waals surface area contributed by atoms with Crippen molar-refractivity contribution in [1.29, 1.82) is 0 Å². The molecule has 0 aliphatic heterocycles. The third-order valence-corrected chi connectivity index (χ3v) is 8.13. The Bertz CT molecular complexity index is 1610. The van der Waals surface area contributed by atoms with Gasteiger partial charge in [0, 0.05) is 12.2 Å². The van der Waals surface area contributed by atoms with Gasteiger partial charge in [0.15, 0.2) is 0 Å². The highest BCUT2D eigenvalue weighted by molar-refractivity contribution is 5.95. The summed E-state index contributed by atoms with van der Waals surface area (Å²) in [6.07, 6.45) is 2.64. The van der Waals surface area contributed by atoms with Crippen LogP contribution in [0.3, 0.4) is 0 Å². The first-order valence-corrected chi connectivity index (χ1v) is 15.3. The average molecular weight is 606 g/mol. The molecule has 232 valence electrons. The zero-order valence-electron chi connectivity index (χ0n) is 25.7. The maximum absolute atomic E-state index is 14.2. The topological polar surface area (TPSA) is 97.0 Å². The lowest BCUT2D eigenvalue weighted by Crippen LogP contribution is -2.46. The molecule has 4 aromatic rings. The van der Waals surface area contributed by atoms with Crippen LogP contribution in [-0.2, 0) is 28.9 Å². The third-order valence-electron chi connectivity index (χ3n) is 8.13. The van der Waals surface area contributed by atoms with Gasteiger partial charge >= 0.3 is 12.0 Å². The standard InChI is InChI=1S/C37H39N3O5/c1-3-45-36(42)30-15-10-16-31(22-30)39-37(43)38-24-34(41)40(25-27-13-8-5-9-14-27)35-29(21-26-11-6-4-7-12-26)18-17-28-19-20-32(44-2)23-33(28)35/h4-16,19-20,22-23,29,35H,3,17-18,21,24-25H2,1-2H3,(H2,38,39,43). The van der Waals surface area contributed by atoms with Crippen LogP contribution in [0.5, 0.6) is 5.75 Å². The average Bonchev–Trinajstić information content (AvgIpc) is 3.07. The van der Waals surface area contributed by atoms with Crippen molar-refractivity contribution in [2.24, 2.45) is 5.92 Å². The number of methoxy groups -OCH3 is 1. The summed E-state index contributed by atoms with van der Waals surface area (Å²) >= 11 is 0. The number of ether oxygens (including phenoxy) is 2. The van der Waals surface area contributed by atoms with Gasteiger partial charge in [-0.3, -0.25) is 4.79 Å². The van der Waals surface area contributed by atoms with Crippen LogP contribution in [0.4, 0.5) is 10.5 Å². The van der Waals surface area contributed by atoms with Crippen molar-refractivity contribution >= 4 is 23.6 Å². The molecule has 0 saturated heterocycles. The molecule has 3 amide bonds. The summed E-state index contributed by atoms with van der Waals surface area (Å²) in [5, 5.41) is 5.47. The minimum absolute atomic E-state index is 0.152. The Kier molecular flexibility index (Phi) is 10.5. The summed E-state index contributed by atoms with van der Waals surface area (Å²) in [5.41, 5.74) is 5.24. The molecule has 0 radical (unpaired) electrons. The molecule has 8 nitrogen and oxygen atoms in total. The van der Waals surface area contributed by atoms with Crippen molar-refractivity contribution in [3.63, 3.8) is 0 Å². The van der Waals surface area contributed by atoms with Gasteiger partial charge in [-0.05, 0) is 84.7 Å². The monoisotopic (exact) mass is 605 g/mol. The van der Waals surface area contributed by atoms with E-state index in [0.29, 0.717) is 17.8 Å². The maximum atomic E-state index is 14.2. The molecule has 8 heteroatoms. The number of nitrogens with one attached hydrogen (secondary N) is 2. The molecule has 2 N–H and O–H groups in total. The summed E-state index contributed by atoms with van der Waals surface area (Å²) < 4.78 is 10.7. The van der Waals surface area contributed by atoms with Gasteiger partial charge in [0.1, 0.15) is 5.75 Å². The fourth-order valence-electron chi connectivity index (χ4n) is 6.00. The summed E-state index contributed by atoms with van der Waals surface area (Å²) in [5.74, 6) is 0.226. The number of amides is 3. The van der Waals surface area contributed by atoms with Crippen LogP contribution in [0.1, 0.15) is 52.0 Å². The quantitative estimate of drug-likeness (QED) is 0.189. The number of esters is 1. The Morgan fingerprint density at radius 1 is 0.867 bits per heavy atom. The first kappa shape index (κ1) is 31.3. The highest BCUT2D eigenvalue weighted by Gasteiger charge is 2.37. The van der Waals surface area contributed by atoms with E-state index >= 15 is 0 Å². The molecule has 0 heterocycles. The molecule has 1 aliphatic rings. The van der Waals surface area contributed by atoms with E-state index in [4.69, 9.17) is 9.47 Å². The minimum Gasteiger partial charge on any atom is -0.497 e. The van der Waals surface area contributed by atoms with E-state index in [1.165, 1.54) is 11.1 Å². The Morgan fingerprint density at radius 2 is 1.60 bits per heavy atom. The molecule has 0 bridgehead atoms. The van der Waals surface area contributed by atoms with Gasteiger partial charge in [-0.2, -0.15) is 0 Å². The van der Waals surface area contributed by atoms with E-state index in [0.717, 1.165) is 36.1 Å². The van der Waals surface area contributed by atoms with E-state index in [-0.39, 0.29) is 31.0 Å². The fraction of sp³-hybridized carbons (Fsp3) is 0.270. The fourth-order valence-corrected chi connectivity index (χ4v) is 6.00. The number of carbonyl (C=O) groups is 3. The number of aryl methyl sites for hydroxylation is 1. The summed E-state index contributed by atoms with van der Waals surface area (Å²) in [6, 6.07) is 32.1. The first-order valence-electron chi connectivity index (χ1n) is 15.3. The van der Waals surface area contributed by atoms with E-state index in [2.05, 4.69) is 34.9 Å². The van der Waals surface area contributed by atoms with Gasteiger partial charge in [0.05, 0.1) is 31.9 Å². The van der Waals surface area contributed by atoms with Crippen LogP contribution >= 0.6 is 0 Å². The van der Waals surface area contributed by atoms with E-state index in [1.54, 1.807) is 38.3 Å². The number of fused-ring (bicyclic) bond motifs is 1. The number of carbonyl (C=O) groups excluding carboxylic acids is 3. The predicted octanol–water partition coefficient (Wildman–Crippen LogP) is 6.57. The second-order valence-electron chi connectivity index (χ2n) is 11.1. The van der Waals surface area contributed by atoms with Gasteiger partial charge in [-0.15, -0.1) is 0 Å². The zero-order valence-corrected chi connectivity index (χ0v) is 25.7. The molecule has 0 spiro atoms. The van der Waals surface area contributed by atoms with E-state index in [1.807, 2.05) is 59.5 Å². The smallest absolute Gasteiger partial charge is 0.338 e. The third kappa shape index (κ3) is 8.09. The van der Waals surface area contributed by atoms with Gasteiger partial charge in [0.2, 0.25) is 5.91 Å². The largest absolute Gasteiger partial charge is 0.497 e. The predicted molar refractivity (Wildman–Crippen MR) is 174 cm³/mol. The molecular weight excluding hydrogens is 566 g/mol. The van der Waals surface area contributed by atoms with Crippen molar-refractivity contribution in [1.82, 2.24) is 10.2 Å². The molecule has 1 aliphatic carbocycles. The Balaban J connectivity index is 1.41. The van der Waals surface area contributed by atoms with Crippen molar-refractivity contribution < 1.29 is 23.9 Å². The molecular formula is C37H39N3O5. The number of benzene rings is 4. The normalized spacial score (nSPS) is 15.3. The second-order valence-corrected chi connectivity index (χ2v) is 11.1. The Hall–Kier alpha value is -5.11. The van der Waals surface area contributed by atoms with Crippen LogP contribution in [0, 0.1) is 5.92 Å². The molecule has 2 atom stereocenters. The molecule has 0 saturated carbocycles. The SMILES string of the molecule is CCOC(=O)c1cccc(NC(=O)NCC(=O)N(Cc2ccccc2)C2c3cc(OC)ccc3CCC2Cc2ccccc2)c1. The lowest BCUT2D eigenvalue weighted by molar-refractivity contribution is -0.135. The molecule has 0 aromatic heterocycles. The summed E-state index contributed by atoms with van der Waals surface area (Å²) in [7, 11) is 1.65. The van der Waals surface area contributed by atoms with Gasteiger partial charge in [0.25, 0.3) is 0 Å². The number of nitrogens with zero attached hydrogens (tertiary/aromatic N) is 1. The molecule has 45 heavy (non-hydrogen) atoms. The number of hydrogen-bond acceptors (Lipinski definition) is 5. The van der Waals surface area contributed by atoms with Gasteiger partial charge in [-0.1, -0.05) is 72.8 Å². The number of anilines is 1. The Morgan fingerprint density at radius 3 is 2.31 bits per heavy atom. The zero-order chi connectivity index (χ0) is 31.6. The second kappa shape index (κ2) is 15.1. The van der Waals surface area contributed by atoms with Crippen molar-refractivity contribution in [2.75, 3.05) is 25.6 Å². The first-order chi connectivity index (χ1) is 21.9. The molecule has 5 rings (SSSR count). The van der Waals surface area contributed by atoms with Gasteiger partial charge < -0.3 is 25.0 Å². The molecule has 2 unspecified atom stereocenters. The molecule has 4 aromatic carbocycles. The maximum Gasteiger partial charge on any atom is 0.338 e. The van der Waals surface area contributed by atoms with Crippen molar-refractivity contribution in [3.05, 3.63) is 131 Å². The Labute approximate surface area is 264 Å². The van der Waals surface area contributed by atoms with Crippen molar-refractivity contribution in [2.45, 2.75) is 38.8 Å². The van der Waals surface area contributed by atoms with Crippen LogP contribution in [0.15, 0.2) is 103 Å². The lowest BCUT2D eigenvalue weighted by Gasteiger charge is -2.42. The number of rotatable bonds is 11. The summed E-state index contributed by atoms with van der Waals surface area (Å²) in [4.78, 5) is 41.2. The van der Waals surface area contributed by atoms with Crippen LogP contribution in [0.25, 0.3) is 0 Å². The van der Waals surface area contributed by atoms with Crippen molar-refractivity contribution in [3.8, 4) is 5.75 Å². The molecule has 0 fully saturated rings. The van der Waals surface area contributed by atoms with Crippen LogP contribution in [-0.4, -0.2) is 43.1 Å². The summed E-state index contributed by atoms with van der Waals surface area (Å²) in [6.45, 7) is 2.17. The number of hydrogen-bond donors (Lipinski definition) is 2. The lowest BCUT2D eigenvalue weighted by atomic mass is 9.76. The minimum atomic E-state index is -0.546.